The third-order valence-electron chi connectivity index (χ3n) is 4.38. The minimum absolute atomic E-state index is 0.201. The Morgan fingerprint density at radius 2 is 1.66 bits per heavy atom. The van der Waals surface area contributed by atoms with Gasteiger partial charge >= 0.3 is 0 Å². The minimum Gasteiger partial charge on any atom is -0.497 e. The van der Waals surface area contributed by atoms with Crippen molar-refractivity contribution in [1.82, 2.24) is 0 Å². The maximum absolute atomic E-state index is 13.9. The molecule has 150 valence electrons. The Morgan fingerprint density at radius 1 is 0.897 bits per heavy atom. The predicted molar refractivity (Wildman–Crippen MR) is 109 cm³/mol. The second-order valence-corrected chi connectivity index (χ2v) is 6.31. The van der Waals surface area contributed by atoms with Crippen molar-refractivity contribution in [3.8, 4) is 23.0 Å². The van der Waals surface area contributed by atoms with Crippen LogP contribution in [-0.4, -0.2) is 20.1 Å². The van der Waals surface area contributed by atoms with Crippen molar-refractivity contribution in [3.05, 3.63) is 78.1 Å². The van der Waals surface area contributed by atoms with Crippen molar-refractivity contribution in [2.75, 3.05) is 19.1 Å². The molecule has 0 fully saturated rings. The zero-order chi connectivity index (χ0) is 20.8. The van der Waals surface area contributed by atoms with Gasteiger partial charge in [0, 0.05) is 18.6 Å². The molecule has 6 heteroatoms. The van der Waals surface area contributed by atoms with E-state index in [1.54, 1.807) is 44.6 Å². The molecule has 0 aliphatic rings. The largest absolute Gasteiger partial charge is 0.497 e. The molecule has 0 bridgehead atoms. The fourth-order valence-corrected chi connectivity index (χ4v) is 2.95. The first kappa shape index (κ1) is 20.2. The van der Waals surface area contributed by atoms with Gasteiger partial charge in [-0.1, -0.05) is 18.2 Å². The number of ether oxygens (including phenoxy) is 3. The molecule has 0 radical (unpaired) electrons. The number of carbonyl (C=O) groups excluding carboxylic acids is 1. The Bertz CT molecular complexity index is 991. The quantitative estimate of drug-likeness (QED) is 0.553. The van der Waals surface area contributed by atoms with E-state index in [1.165, 1.54) is 30.0 Å². The topological polar surface area (TPSA) is 48.0 Å². The summed E-state index contributed by atoms with van der Waals surface area (Å²) < 4.78 is 30.5. The van der Waals surface area contributed by atoms with E-state index < -0.39 is 5.82 Å². The molecule has 1 amide bonds. The first-order chi connectivity index (χ1) is 14.0. The SMILES string of the molecule is COc1ccc(OC)c(CN(C(C)=O)c2ccc(F)cc2Oc2ccccc2)c1. The first-order valence-corrected chi connectivity index (χ1v) is 9.03. The maximum atomic E-state index is 13.9. The highest BCUT2D eigenvalue weighted by Gasteiger charge is 2.20. The average molecular weight is 395 g/mol. The lowest BCUT2D eigenvalue weighted by molar-refractivity contribution is -0.116. The van der Waals surface area contributed by atoms with Crippen LogP contribution in [0.4, 0.5) is 10.1 Å². The van der Waals surface area contributed by atoms with Crippen molar-refractivity contribution >= 4 is 11.6 Å². The van der Waals surface area contributed by atoms with Crippen LogP contribution in [0.15, 0.2) is 66.7 Å². The van der Waals surface area contributed by atoms with Crippen LogP contribution in [0.25, 0.3) is 0 Å². The van der Waals surface area contributed by atoms with Crippen LogP contribution >= 0.6 is 0 Å². The van der Waals surface area contributed by atoms with Crippen LogP contribution in [0, 0.1) is 5.82 Å². The zero-order valence-electron chi connectivity index (χ0n) is 16.5. The Hall–Kier alpha value is -3.54. The molecule has 3 aromatic rings. The average Bonchev–Trinajstić information content (AvgIpc) is 2.73. The molecule has 0 aromatic heterocycles. The molecule has 0 aliphatic carbocycles. The minimum atomic E-state index is -0.456. The van der Waals surface area contributed by atoms with Gasteiger partial charge in [-0.3, -0.25) is 4.79 Å². The van der Waals surface area contributed by atoms with Gasteiger partial charge in [0.15, 0.2) is 5.75 Å². The summed E-state index contributed by atoms with van der Waals surface area (Å²) in [5.41, 5.74) is 1.20. The number of para-hydroxylation sites is 1. The van der Waals surface area contributed by atoms with Gasteiger partial charge in [0.05, 0.1) is 26.5 Å². The molecule has 0 heterocycles. The van der Waals surface area contributed by atoms with E-state index in [4.69, 9.17) is 14.2 Å². The number of hydrogen-bond donors (Lipinski definition) is 0. The molecule has 0 saturated carbocycles. The van der Waals surface area contributed by atoms with Crippen molar-refractivity contribution < 1.29 is 23.4 Å². The van der Waals surface area contributed by atoms with Gasteiger partial charge < -0.3 is 19.1 Å². The van der Waals surface area contributed by atoms with Crippen LogP contribution in [0.3, 0.4) is 0 Å². The van der Waals surface area contributed by atoms with Gasteiger partial charge in [0.1, 0.15) is 23.1 Å². The Kier molecular flexibility index (Phi) is 6.34. The molecular weight excluding hydrogens is 373 g/mol. The number of amides is 1. The van der Waals surface area contributed by atoms with E-state index in [-0.39, 0.29) is 18.2 Å². The normalized spacial score (nSPS) is 10.3. The molecule has 0 atom stereocenters. The van der Waals surface area contributed by atoms with Crippen molar-refractivity contribution in [2.24, 2.45) is 0 Å². The standard InChI is InChI=1S/C23H22FNO4/c1-16(26)25(15-17-13-20(27-2)10-12-22(17)28-3)21-11-9-18(24)14-23(21)29-19-7-5-4-6-8-19/h4-14H,15H2,1-3H3. The Balaban J connectivity index is 2.01. The summed E-state index contributed by atoms with van der Waals surface area (Å²) in [4.78, 5) is 14.0. The van der Waals surface area contributed by atoms with Gasteiger partial charge in [0.25, 0.3) is 0 Å². The fourth-order valence-electron chi connectivity index (χ4n) is 2.95. The Morgan fingerprint density at radius 3 is 2.31 bits per heavy atom. The first-order valence-electron chi connectivity index (χ1n) is 9.03. The summed E-state index contributed by atoms with van der Waals surface area (Å²) in [6.45, 7) is 1.65. The van der Waals surface area contributed by atoms with Crippen molar-refractivity contribution in [1.29, 1.82) is 0 Å². The van der Waals surface area contributed by atoms with Gasteiger partial charge in [0.2, 0.25) is 5.91 Å². The van der Waals surface area contributed by atoms with Crippen LogP contribution in [0.5, 0.6) is 23.0 Å². The fraction of sp³-hybridized carbons (Fsp3) is 0.174. The van der Waals surface area contributed by atoms with E-state index in [9.17, 15) is 9.18 Å². The maximum Gasteiger partial charge on any atom is 0.224 e. The van der Waals surface area contributed by atoms with Crippen LogP contribution in [0.1, 0.15) is 12.5 Å². The summed E-state index contributed by atoms with van der Waals surface area (Å²) in [5.74, 6) is 1.37. The lowest BCUT2D eigenvalue weighted by Crippen LogP contribution is -2.28. The van der Waals surface area contributed by atoms with Crippen LogP contribution < -0.4 is 19.1 Å². The molecule has 5 nitrogen and oxygen atoms in total. The lowest BCUT2D eigenvalue weighted by Gasteiger charge is -2.25. The molecule has 0 N–H and O–H groups in total. The second kappa shape index (κ2) is 9.10. The highest BCUT2D eigenvalue weighted by Crippen LogP contribution is 2.35. The summed E-state index contributed by atoms with van der Waals surface area (Å²) in [5, 5.41) is 0. The lowest BCUT2D eigenvalue weighted by atomic mass is 10.1. The zero-order valence-corrected chi connectivity index (χ0v) is 16.5. The smallest absolute Gasteiger partial charge is 0.224 e. The van der Waals surface area contributed by atoms with Gasteiger partial charge in [-0.25, -0.2) is 4.39 Å². The molecule has 29 heavy (non-hydrogen) atoms. The molecule has 0 saturated heterocycles. The van der Waals surface area contributed by atoms with Crippen molar-refractivity contribution in [2.45, 2.75) is 13.5 Å². The number of methoxy groups -OCH3 is 2. The number of carbonyl (C=O) groups is 1. The molecule has 3 rings (SSSR count). The Labute approximate surface area is 169 Å². The highest BCUT2D eigenvalue weighted by molar-refractivity contribution is 5.93. The van der Waals surface area contributed by atoms with E-state index in [0.29, 0.717) is 22.9 Å². The summed E-state index contributed by atoms with van der Waals surface area (Å²) >= 11 is 0. The van der Waals surface area contributed by atoms with E-state index >= 15 is 0 Å². The van der Waals surface area contributed by atoms with Crippen molar-refractivity contribution in [3.63, 3.8) is 0 Å². The predicted octanol–water partition coefficient (Wildman–Crippen LogP) is 5.19. The second-order valence-electron chi connectivity index (χ2n) is 6.31. The van der Waals surface area contributed by atoms with Gasteiger partial charge in [-0.2, -0.15) is 0 Å². The van der Waals surface area contributed by atoms with Gasteiger partial charge in [-0.15, -0.1) is 0 Å². The van der Waals surface area contributed by atoms with Crippen LogP contribution in [-0.2, 0) is 11.3 Å². The number of rotatable bonds is 7. The monoisotopic (exact) mass is 395 g/mol. The van der Waals surface area contributed by atoms with Crippen LogP contribution in [0.2, 0.25) is 0 Å². The van der Waals surface area contributed by atoms with E-state index in [1.807, 2.05) is 18.2 Å². The van der Waals surface area contributed by atoms with E-state index in [2.05, 4.69) is 0 Å². The van der Waals surface area contributed by atoms with Gasteiger partial charge in [-0.05, 0) is 42.5 Å². The molecule has 0 spiro atoms. The third kappa shape index (κ3) is 4.85. The molecular formula is C23H22FNO4. The van der Waals surface area contributed by atoms with E-state index in [0.717, 1.165) is 5.56 Å². The number of anilines is 1. The summed E-state index contributed by atoms with van der Waals surface area (Å²) in [7, 11) is 3.13. The number of halogens is 1. The summed E-state index contributed by atoms with van der Waals surface area (Å²) in [6, 6.07) is 18.5. The third-order valence-corrected chi connectivity index (χ3v) is 4.38. The molecule has 3 aromatic carbocycles. The number of benzene rings is 3. The number of nitrogens with zero attached hydrogens (tertiary/aromatic N) is 1. The molecule has 0 aliphatic heterocycles. The summed E-state index contributed by atoms with van der Waals surface area (Å²) in [6.07, 6.45) is 0. The molecule has 0 unspecified atom stereocenters. The highest BCUT2D eigenvalue weighted by atomic mass is 19.1. The number of hydrogen-bond acceptors (Lipinski definition) is 4.